The van der Waals surface area contributed by atoms with Gasteiger partial charge in [0.1, 0.15) is 5.82 Å². The summed E-state index contributed by atoms with van der Waals surface area (Å²) in [5, 5.41) is 0. The Bertz CT molecular complexity index is 1370. The molecule has 36 heavy (non-hydrogen) atoms. The van der Waals surface area contributed by atoms with Gasteiger partial charge in [0.25, 0.3) is 0 Å². The van der Waals surface area contributed by atoms with Crippen LogP contribution in [0.2, 0.25) is 0 Å². The van der Waals surface area contributed by atoms with Crippen LogP contribution < -0.4 is 4.31 Å². The molecular formula is C31H41FN2OS. The maximum atomic E-state index is 14.5. The van der Waals surface area contributed by atoms with E-state index in [0.29, 0.717) is 17.6 Å². The van der Waals surface area contributed by atoms with Crippen molar-refractivity contribution < 1.29 is 8.60 Å². The summed E-state index contributed by atoms with van der Waals surface area (Å²) in [6.07, 6.45) is 8.34. The summed E-state index contributed by atoms with van der Waals surface area (Å²) in [5.41, 5.74) is 11.0. The number of anilines is 1. The first kappa shape index (κ1) is 26.7. The quantitative estimate of drug-likeness (QED) is 0.291. The van der Waals surface area contributed by atoms with E-state index < -0.39 is 9.71 Å². The van der Waals surface area contributed by atoms with Crippen LogP contribution >= 0.6 is 0 Å². The molecule has 0 saturated carbocycles. The van der Waals surface area contributed by atoms with Crippen molar-refractivity contribution in [2.45, 2.75) is 86.6 Å². The Hall–Kier alpha value is -2.40. The summed E-state index contributed by atoms with van der Waals surface area (Å²) in [4.78, 5) is 4.65. The van der Waals surface area contributed by atoms with Gasteiger partial charge in [-0.15, -0.1) is 0 Å². The number of aromatic nitrogens is 1. The van der Waals surface area contributed by atoms with Crippen molar-refractivity contribution in [3.63, 3.8) is 0 Å². The number of pyridine rings is 1. The van der Waals surface area contributed by atoms with E-state index in [1.807, 2.05) is 11.2 Å². The molecule has 5 heteroatoms. The van der Waals surface area contributed by atoms with Crippen LogP contribution in [0.5, 0.6) is 0 Å². The fourth-order valence-corrected chi connectivity index (χ4v) is 7.56. The number of allylic oxidation sites excluding steroid dienone is 3. The third kappa shape index (κ3) is 4.44. The van der Waals surface area contributed by atoms with E-state index in [1.165, 1.54) is 22.9 Å². The molecule has 3 nitrogen and oxygen atoms in total. The van der Waals surface area contributed by atoms with Crippen LogP contribution in [0.25, 0.3) is 16.8 Å². The van der Waals surface area contributed by atoms with Crippen LogP contribution in [-0.2, 0) is 16.1 Å². The molecule has 0 saturated heterocycles. The molecule has 2 unspecified atom stereocenters. The van der Waals surface area contributed by atoms with Crippen molar-refractivity contribution in [2.24, 2.45) is 5.41 Å². The zero-order valence-electron chi connectivity index (χ0n) is 23.1. The largest absolute Gasteiger partial charge is 0.291 e. The van der Waals surface area contributed by atoms with Crippen molar-refractivity contribution in [2.75, 3.05) is 10.1 Å². The fourth-order valence-electron chi connectivity index (χ4n) is 6.00. The molecule has 0 N–H and O–H groups in total. The highest BCUT2D eigenvalue weighted by Crippen LogP contribution is 2.53. The highest BCUT2D eigenvalue weighted by molar-refractivity contribution is 8.01. The summed E-state index contributed by atoms with van der Waals surface area (Å²) in [6, 6.07) is 1.33. The lowest BCUT2D eigenvalue weighted by Crippen LogP contribution is -2.39. The molecule has 0 fully saturated rings. The maximum Gasteiger partial charge on any atom is 0.141 e. The first-order valence-electron chi connectivity index (χ1n) is 13.1. The third-order valence-corrected chi connectivity index (χ3v) is 10.1. The highest BCUT2D eigenvalue weighted by Gasteiger charge is 2.39. The zero-order chi connectivity index (χ0) is 26.6. The van der Waals surface area contributed by atoms with Gasteiger partial charge in [0.2, 0.25) is 0 Å². The lowest BCUT2D eigenvalue weighted by Gasteiger charge is -2.43. The van der Waals surface area contributed by atoms with Gasteiger partial charge in [-0.3, -0.25) is 9.29 Å². The van der Waals surface area contributed by atoms with Gasteiger partial charge in [-0.1, -0.05) is 45.9 Å². The second-order valence-corrected chi connectivity index (χ2v) is 14.0. The highest BCUT2D eigenvalue weighted by atomic mass is 32.2. The van der Waals surface area contributed by atoms with Gasteiger partial charge in [0, 0.05) is 26.6 Å². The monoisotopic (exact) mass is 508 g/mol. The molecule has 2 heterocycles. The Morgan fingerprint density at radius 3 is 2.50 bits per heavy atom. The minimum absolute atomic E-state index is 0.253. The minimum atomic E-state index is -2.64. The van der Waals surface area contributed by atoms with E-state index in [4.69, 9.17) is 0 Å². The van der Waals surface area contributed by atoms with Gasteiger partial charge in [0.05, 0.1) is 23.6 Å². The summed E-state index contributed by atoms with van der Waals surface area (Å²) in [6.45, 7) is 19.2. The molecule has 0 bridgehead atoms. The smallest absolute Gasteiger partial charge is 0.141 e. The van der Waals surface area contributed by atoms with Crippen LogP contribution in [0.1, 0.15) is 94.2 Å². The van der Waals surface area contributed by atoms with Crippen molar-refractivity contribution in [3.8, 4) is 11.3 Å². The molecule has 0 radical (unpaired) electrons. The second-order valence-electron chi connectivity index (χ2n) is 11.5. The maximum absolute atomic E-state index is 14.5. The zero-order valence-corrected chi connectivity index (χ0v) is 23.9. The average Bonchev–Trinajstić information content (AvgIpc) is 2.81. The van der Waals surface area contributed by atoms with Crippen LogP contribution in [-0.4, -0.2) is 20.8 Å². The number of nitrogens with zero attached hydrogens (tertiary/aromatic N) is 2. The van der Waals surface area contributed by atoms with Crippen LogP contribution in [0.4, 0.5) is 10.1 Å². The normalized spacial score (nSPS) is 20.3. The molecule has 0 spiro atoms. The minimum Gasteiger partial charge on any atom is -0.291 e. The Morgan fingerprint density at radius 2 is 1.94 bits per heavy atom. The Balaban J connectivity index is 2.15. The molecule has 1 aromatic heterocycles. The predicted octanol–water partition coefficient (Wildman–Crippen LogP) is 8.14. The number of rotatable bonds is 6. The Morgan fingerprint density at radius 1 is 1.25 bits per heavy atom. The topological polar surface area (TPSA) is 33.2 Å². The second kappa shape index (κ2) is 9.48. The van der Waals surface area contributed by atoms with Crippen molar-refractivity contribution in [1.29, 1.82) is 0 Å². The van der Waals surface area contributed by atoms with Crippen LogP contribution in [0, 0.1) is 25.1 Å². The summed E-state index contributed by atoms with van der Waals surface area (Å²) in [5.74, 6) is 4.25. The van der Waals surface area contributed by atoms with Gasteiger partial charge >= 0.3 is 0 Å². The summed E-state index contributed by atoms with van der Waals surface area (Å²) in [7, 11) is -2.64. The van der Waals surface area contributed by atoms with Gasteiger partial charge in [0.15, 0.2) is 0 Å². The van der Waals surface area contributed by atoms with Crippen molar-refractivity contribution >= 4 is 26.8 Å². The first-order chi connectivity index (χ1) is 16.8. The molecule has 1 aliphatic heterocycles. The number of halogens is 1. The van der Waals surface area contributed by atoms with Gasteiger partial charge in [-0.25, -0.2) is 8.60 Å². The molecule has 0 amide bonds. The Kier molecular flexibility index (Phi) is 7.02. The van der Waals surface area contributed by atoms with Crippen molar-refractivity contribution in [3.05, 3.63) is 64.1 Å². The lowest BCUT2D eigenvalue weighted by atomic mass is 9.73. The fraction of sp³-hybridized carbons (Fsp3) is 0.484. The number of fused-ring (bicyclic) bond motifs is 3. The van der Waals surface area contributed by atoms with E-state index in [1.54, 1.807) is 6.07 Å². The van der Waals surface area contributed by atoms with Crippen LogP contribution in [0.15, 0.2) is 30.5 Å². The molecule has 2 aromatic rings. The average molecular weight is 509 g/mol. The van der Waals surface area contributed by atoms with Crippen LogP contribution in [0.3, 0.4) is 0 Å². The molecule has 1 aromatic carbocycles. The molecule has 2 atom stereocenters. The summed E-state index contributed by atoms with van der Waals surface area (Å²) >= 11 is 0. The van der Waals surface area contributed by atoms with E-state index in [-0.39, 0.29) is 11.9 Å². The summed E-state index contributed by atoms with van der Waals surface area (Å²) < 4.78 is 30.6. The predicted molar refractivity (Wildman–Crippen MR) is 155 cm³/mol. The number of hydrogen-bond acceptors (Lipinski definition) is 2. The standard InChI is InChI=1S/C31H41FN2OS/c1-10-26-25-17-23(32)18-33-29(25)28-21(6)27(22-12-14-31(7,8)15-13-22)24(16-19(3)4)20(5)30(28)34(26)36(9,35)11-2/h12,17-18,26H,3,9-11,13-16H2,1-2,4-8H3. The van der Waals surface area contributed by atoms with Gasteiger partial charge < -0.3 is 0 Å². The van der Waals surface area contributed by atoms with E-state index in [9.17, 15) is 8.60 Å². The lowest BCUT2D eigenvalue weighted by molar-refractivity contribution is 0.335. The van der Waals surface area contributed by atoms with E-state index >= 15 is 0 Å². The number of hydrogen-bond donors (Lipinski definition) is 0. The first-order valence-corrected chi connectivity index (χ1v) is 15.0. The van der Waals surface area contributed by atoms with Crippen molar-refractivity contribution in [1.82, 2.24) is 4.98 Å². The molecule has 4 rings (SSSR count). The molecule has 2 aliphatic rings. The van der Waals surface area contributed by atoms with Gasteiger partial charge in [-0.05, 0) is 98.1 Å². The third-order valence-electron chi connectivity index (χ3n) is 8.05. The molecule has 194 valence electrons. The number of benzene rings is 1. The SMILES string of the molecule is C=C(C)Cc1c(C)c2c(c(C)c1C1=CCC(C)(C)CC1)-c1ncc(F)cc1C(CC)N2S(=C)(=O)CC. The van der Waals surface area contributed by atoms with E-state index in [2.05, 4.69) is 65.1 Å². The Labute approximate surface area is 217 Å². The molecular weight excluding hydrogens is 467 g/mol. The van der Waals surface area contributed by atoms with Gasteiger partial charge in [-0.2, -0.15) is 0 Å². The van der Waals surface area contributed by atoms with E-state index in [0.717, 1.165) is 64.9 Å². The molecule has 1 aliphatic carbocycles.